The molecule has 0 saturated carbocycles. The van der Waals surface area contributed by atoms with Gasteiger partial charge in [0, 0.05) is 24.5 Å². The molecule has 1 aliphatic heterocycles. The van der Waals surface area contributed by atoms with Crippen molar-refractivity contribution in [1.82, 2.24) is 29.1 Å². The largest absolute Gasteiger partial charge is 0.392 e. The summed E-state index contributed by atoms with van der Waals surface area (Å²) < 4.78 is 3.17. The first-order valence-electron chi connectivity index (χ1n) is 11.0. The monoisotopic (exact) mass is 486 g/mol. The Morgan fingerprint density at radius 2 is 2.03 bits per heavy atom. The normalized spacial score (nSPS) is 15.4. The maximum atomic E-state index is 13.8. The second-order valence-corrected chi connectivity index (χ2v) is 8.21. The van der Waals surface area contributed by atoms with Crippen molar-refractivity contribution >= 4 is 35.9 Å². The van der Waals surface area contributed by atoms with Gasteiger partial charge >= 0.3 is 0 Å². The van der Waals surface area contributed by atoms with Crippen molar-refractivity contribution < 1.29 is 5.11 Å². The average Bonchev–Trinajstić information content (AvgIpc) is 3.61. The van der Waals surface area contributed by atoms with Gasteiger partial charge in [-0.3, -0.25) is 9.36 Å². The number of hydrogen-bond acceptors (Lipinski definition) is 7. The van der Waals surface area contributed by atoms with Crippen LogP contribution in [0.5, 0.6) is 0 Å². The van der Waals surface area contributed by atoms with Gasteiger partial charge in [0.05, 0.1) is 29.3 Å². The molecule has 1 fully saturated rings. The maximum absolute atomic E-state index is 13.8. The van der Waals surface area contributed by atoms with Crippen molar-refractivity contribution in [3.63, 3.8) is 0 Å². The van der Waals surface area contributed by atoms with Crippen LogP contribution in [-0.2, 0) is 6.61 Å². The number of anilines is 1. The van der Waals surface area contributed by atoms with E-state index in [0.717, 1.165) is 12.8 Å². The second-order valence-electron chi connectivity index (χ2n) is 8.21. The number of H-pyrrole nitrogens is 1. The first-order chi connectivity index (χ1) is 16.7. The lowest BCUT2D eigenvalue weighted by Crippen LogP contribution is -2.33. The summed E-state index contributed by atoms with van der Waals surface area (Å²) in [4.78, 5) is 27.7. The Hall–Kier alpha value is -4.14. The van der Waals surface area contributed by atoms with Crippen molar-refractivity contribution in [2.45, 2.75) is 25.5 Å². The van der Waals surface area contributed by atoms with Gasteiger partial charge in [-0.05, 0) is 31.0 Å². The highest BCUT2D eigenvalue weighted by atomic mass is 32.1. The molecule has 2 N–H and O–H groups in total. The predicted molar refractivity (Wildman–Crippen MR) is 135 cm³/mol. The Morgan fingerprint density at radius 1 is 1.20 bits per heavy atom. The van der Waals surface area contributed by atoms with E-state index in [4.69, 9.17) is 5.10 Å². The van der Waals surface area contributed by atoms with Crippen LogP contribution in [-0.4, -0.2) is 40.8 Å². The minimum Gasteiger partial charge on any atom is -0.392 e. The molecule has 0 bridgehead atoms. The van der Waals surface area contributed by atoms with Crippen LogP contribution in [0, 0.1) is 11.3 Å². The van der Waals surface area contributed by atoms with E-state index in [1.165, 1.54) is 6.33 Å². The summed E-state index contributed by atoms with van der Waals surface area (Å²) >= 11 is 0. The van der Waals surface area contributed by atoms with Crippen LogP contribution >= 0.6 is 13.5 Å². The SMILES string of the molecule is N#Cc1c[nH]c2ncnc(N3CCC[C@H]3c3nn4ccc(CO)c4c(=O)n3-c3ccccc3)c12.S. The minimum atomic E-state index is -0.253. The second kappa shape index (κ2) is 8.90. The van der Waals surface area contributed by atoms with E-state index in [2.05, 4.69) is 25.9 Å². The third-order valence-corrected chi connectivity index (χ3v) is 6.37. The summed E-state index contributed by atoms with van der Waals surface area (Å²) in [6, 6.07) is 13.0. The zero-order valence-corrected chi connectivity index (χ0v) is 19.6. The third-order valence-electron chi connectivity index (χ3n) is 6.37. The molecule has 1 saturated heterocycles. The van der Waals surface area contributed by atoms with Gasteiger partial charge < -0.3 is 15.0 Å². The molecule has 11 heteroatoms. The number of benzene rings is 1. The summed E-state index contributed by atoms with van der Waals surface area (Å²) in [5, 5.41) is 24.9. The van der Waals surface area contributed by atoms with Gasteiger partial charge in [0.1, 0.15) is 29.4 Å². The standard InChI is InChI=1S/C24H20N8O2.H2S/c25-11-16-12-26-21-19(16)23(28-14-27-21)30-9-4-7-18(30)22-29-31-10-8-15(13-33)20(31)24(34)32(22)17-5-2-1-3-6-17;/h1-3,5-6,8,10,12,14,18,33H,4,7,9,13H2,(H,26,27,28);1H2/t18-;/m0./s1. The fourth-order valence-corrected chi connectivity index (χ4v) is 4.86. The Balaban J connectivity index is 0.00000253. The zero-order valence-electron chi connectivity index (χ0n) is 18.6. The molecular weight excluding hydrogens is 464 g/mol. The van der Waals surface area contributed by atoms with Crippen LogP contribution in [0.25, 0.3) is 22.2 Å². The number of nitriles is 1. The number of aliphatic hydroxyl groups excluding tert-OH is 1. The number of nitrogens with zero attached hydrogens (tertiary/aromatic N) is 7. The molecule has 0 radical (unpaired) electrons. The van der Waals surface area contributed by atoms with Crippen LogP contribution < -0.4 is 10.5 Å². The number of aliphatic hydroxyl groups is 1. The summed E-state index contributed by atoms with van der Waals surface area (Å²) in [6.07, 6.45) is 6.44. The molecule has 1 aliphatic rings. The zero-order chi connectivity index (χ0) is 23.2. The van der Waals surface area contributed by atoms with E-state index in [9.17, 15) is 15.2 Å². The van der Waals surface area contributed by atoms with E-state index >= 15 is 0 Å². The van der Waals surface area contributed by atoms with Gasteiger partial charge in [0.25, 0.3) is 5.56 Å². The van der Waals surface area contributed by atoms with Crippen molar-refractivity contribution in [3.8, 4) is 11.8 Å². The molecule has 10 nitrogen and oxygen atoms in total. The fraction of sp³-hybridized carbons (Fsp3) is 0.208. The van der Waals surface area contributed by atoms with Gasteiger partial charge in [-0.2, -0.15) is 23.9 Å². The molecule has 1 atom stereocenters. The number of fused-ring (bicyclic) bond motifs is 2. The van der Waals surface area contributed by atoms with Crippen molar-refractivity contribution in [3.05, 3.63) is 82.4 Å². The molecule has 176 valence electrons. The Labute approximate surface area is 206 Å². The molecule has 4 aromatic heterocycles. The summed E-state index contributed by atoms with van der Waals surface area (Å²) in [5.74, 6) is 1.21. The summed E-state index contributed by atoms with van der Waals surface area (Å²) in [6.45, 7) is 0.448. The summed E-state index contributed by atoms with van der Waals surface area (Å²) in [7, 11) is 0. The molecule has 5 heterocycles. The maximum Gasteiger partial charge on any atom is 0.282 e. The Morgan fingerprint density at radius 3 is 2.80 bits per heavy atom. The first-order valence-corrected chi connectivity index (χ1v) is 11.0. The van der Waals surface area contributed by atoms with E-state index < -0.39 is 0 Å². The van der Waals surface area contributed by atoms with Crippen molar-refractivity contribution in [2.24, 2.45) is 0 Å². The third kappa shape index (κ3) is 3.46. The lowest BCUT2D eigenvalue weighted by Gasteiger charge is -2.27. The predicted octanol–water partition coefficient (Wildman–Crippen LogP) is 2.57. The molecule has 0 spiro atoms. The highest BCUT2D eigenvalue weighted by molar-refractivity contribution is 7.59. The van der Waals surface area contributed by atoms with E-state index in [1.807, 2.05) is 30.3 Å². The van der Waals surface area contributed by atoms with Crippen LogP contribution in [0.1, 0.15) is 35.8 Å². The van der Waals surface area contributed by atoms with E-state index in [0.29, 0.717) is 51.6 Å². The van der Waals surface area contributed by atoms with Crippen LogP contribution in [0.4, 0.5) is 5.82 Å². The van der Waals surface area contributed by atoms with E-state index in [-0.39, 0.29) is 31.7 Å². The fourth-order valence-electron chi connectivity index (χ4n) is 4.86. The molecule has 6 rings (SSSR count). The molecule has 0 aliphatic carbocycles. The van der Waals surface area contributed by atoms with Crippen LogP contribution in [0.2, 0.25) is 0 Å². The molecule has 0 unspecified atom stereocenters. The molecule has 1 aromatic carbocycles. The van der Waals surface area contributed by atoms with Crippen LogP contribution in [0.15, 0.2) is 59.9 Å². The smallest absolute Gasteiger partial charge is 0.282 e. The van der Waals surface area contributed by atoms with Crippen molar-refractivity contribution in [2.75, 3.05) is 11.4 Å². The molecule has 5 aromatic rings. The topological polar surface area (TPSA) is 128 Å². The van der Waals surface area contributed by atoms with Gasteiger partial charge in [-0.15, -0.1) is 0 Å². The Kier molecular flexibility index (Phi) is 5.76. The Bertz CT molecular complexity index is 1630. The lowest BCUT2D eigenvalue weighted by molar-refractivity contribution is 0.283. The highest BCUT2D eigenvalue weighted by Crippen LogP contribution is 2.38. The molecular formula is C24H22N8O2S. The average molecular weight is 487 g/mol. The van der Waals surface area contributed by atoms with Gasteiger partial charge in [0.15, 0.2) is 5.82 Å². The number of aromatic amines is 1. The van der Waals surface area contributed by atoms with Gasteiger partial charge in [-0.1, -0.05) is 18.2 Å². The van der Waals surface area contributed by atoms with Crippen LogP contribution in [0.3, 0.4) is 0 Å². The number of para-hydroxylation sites is 1. The number of aromatic nitrogens is 6. The quantitative estimate of drug-likeness (QED) is 0.400. The summed E-state index contributed by atoms with van der Waals surface area (Å²) in [5.41, 5.74) is 2.39. The minimum absolute atomic E-state index is 0. The number of nitrogens with one attached hydrogen (secondary N) is 1. The van der Waals surface area contributed by atoms with Gasteiger partial charge in [-0.25, -0.2) is 14.5 Å². The molecule has 0 amide bonds. The number of hydrogen-bond donors (Lipinski definition) is 2. The molecule has 35 heavy (non-hydrogen) atoms. The van der Waals surface area contributed by atoms with Gasteiger partial charge in [0.2, 0.25) is 0 Å². The highest BCUT2D eigenvalue weighted by Gasteiger charge is 2.34. The van der Waals surface area contributed by atoms with Crippen molar-refractivity contribution in [1.29, 1.82) is 5.26 Å². The van der Waals surface area contributed by atoms with E-state index in [1.54, 1.807) is 27.5 Å². The lowest BCUT2D eigenvalue weighted by atomic mass is 10.1. The number of rotatable bonds is 4. The first kappa shape index (κ1) is 22.6.